The van der Waals surface area contributed by atoms with Gasteiger partial charge in [-0.1, -0.05) is 24.3 Å². The highest BCUT2D eigenvalue weighted by atomic mass is 16.5. The number of nitrogens with one attached hydrogen (secondary N) is 1. The summed E-state index contributed by atoms with van der Waals surface area (Å²) in [6.45, 7) is 6.46. The van der Waals surface area contributed by atoms with Crippen molar-refractivity contribution in [1.82, 2.24) is 10.2 Å². The Morgan fingerprint density at radius 1 is 1.32 bits per heavy atom. The molecular weight excluding hydrogens is 240 g/mol. The minimum Gasteiger partial charge on any atom is -0.378 e. The molecule has 1 fully saturated rings. The lowest BCUT2D eigenvalue weighted by molar-refractivity contribution is -0.135. The Balaban J connectivity index is 1.66. The summed E-state index contributed by atoms with van der Waals surface area (Å²) in [5, 5.41) is 3.33. The number of nitrogens with zero attached hydrogens (tertiary/aromatic N) is 1. The monoisotopic (exact) mass is 262 g/mol. The summed E-state index contributed by atoms with van der Waals surface area (Å²) in [6, 6.07) is 8.31. The number of carbonyl (C=O) groups is 1. The molecule has 1 saturated heterocycles. The van der Waals surface area contributed by atoms with Gasteiger partial charge in [0.25, 0.3) is 0 Å². The molecule has 4 heteroatoms. The van der Waals surface area contributed by atoms with Gasteiger partial charge in [0.15, 0.2) is 0 Å². The van der Waals surface area contributed by atoms with Crippen LogP contribution >= 0.6 is 0 Å². The van der Waals surface area contributed by atoms with Crippen molar-refractivity contribution in [1.29, 1.82) is 0 Å². The Kier molecular flexibility index (Phi) is 5.36. The van der Waals surface area contributed by atoms with Gasteiger partial charge in [0.1, 0.15) is 0 Å². The van der Waals surface area contributed by atoms with E-state index < -0.39 is 0 Å². The first-order valence-electron chi connectivity index (χ1n) is 6.88. The predicted octanol–water partition coefficient (Wildman–Crippen LogP) is 1.33. The van der Waals surface area contributed by atoms with E-state index in [0.29, 0.717) is 19.6 Å². The first kappa shape index (κ1) is 14.0. The normalized spacial score (nSPS) is 15.5. The Morgan fingerprint density at radius 2 is 2.05 bits per heavy atom. The minimum absolute atomic E-state index is 0.223. The molecule has 1 heterocycles. The predicted molar refractivity (Wildman–Crippen MR) is 74.9 cm³/mol. The molecule has 104 valence electrons. The number of hydrogen-bond acceptors (Lipinski definition) is 3. The van der Waals surface area contributed by atoms with Gasteiger partial charge in [0.2, 0.25) is 5.91 Å². The average molecular weight is 262 g/mol. The summed E-state index contributed by atoms with van der Waals surface area (Å²) in [6.07, 6.45) is 0.561. The Morgan fingerprint density at radius 3 is 2.79 bits per heavy atom. The van der Waals surface area contributed by atoms with Crippen LogP contribution in [-0.2, 0) is 16.1 Å². The van der Waals surface area contributed by atoms with Gasteiger partial charge < -0.3 is 15.0 Å². The molecule has 0 aliphatic carbocycles. The fraction of sp³-hybridized carbons (Fsp3) is 0.533. The van der Waals surface area contributed by atoms with E-state index in [4.69, 9.17) is 4.74 Å². The Hall–Kier alpha value is -1.39. The Labute approximate surface area is 114 Å². The minimum atomic E-state index is 0.223. The third-order valence-electron chi connectivity index (χ3n) is 3.46. The van der Waals surface area contributed by atoms with Crippen molar-refractivity contribution >= 4 is 5.91 Å². The molecule has 0 unspecified atom stereocenters. The molecule has 1 amide bonds. The van der Waals surface area contributed by atoms with Crippen LogP contribution in [0.3, 0.4) is 0 Å². The highest BCUT2D eigenvalue weighted by Gasteiger charge is 2.15. The first-order valence-corrected chi connectivity index (χ1v) is 6.88. The second kappa shape index (κ2) is 7.26. The maximum atomic E-state index is 11.9. The number of amides is 1. The summed E-state index contributed by atoms with van der Waals surface area (Å²) in [5.74, 6) is 0.223. The van der Waals surface area contributed by atoms with E-state index in [9.17, 15) is 4.79 Å². The van der Waals surface area contributed by atoms with E-state index >= 15 is 0 Å². The number of aryl methyl sites for hydroxylation is 1. The molecule has 0 atom stereocenters. The molecule has 2 rings (SSSR count). The van der Waals surface area contributed by atoms with Crippen LogP contribution in [0.4, 0.5) is 0 Å². The van der Waals surface area contributed by atoms with Crippen molar-refractivity contribution in [3.8, 4) is 0 Å². The van der Waals surface area contributed by atoms with Crippen LogP contribution in [0, 0.1) is 6.92 Å². The number of morpholine rings is 1. The number of hydrogen-bond donors (Lipinski definition) is 1. The van der Waals surface area contributed by atoms with Crippen molar-refractivity contribution < 1.29 is 9.53 Å². The summed E-state index contributed by atoms with van der Waals surface area (Å²) in [5.41, 5.74) is 2.58. The largest absolute Gasteiger partial charge is 0.378 e. The molecule has 4 nitrogen and oxygen atoms in total. The van der Waals surface area contributed by atoms with Gasteiger partial charge in [-0.2, -0.15) is 0 Å². The SMILES string of the molecule is Cc1ccccc1CNCCC(=O)N1CCOCC1. The van der Waals surface area contributed by atoms with Crippen LogP contribution in [0.5, 0.6) is 0 Å². The van der Waals surface area contributed by atoms with Gasteiger partial charge >= 0.3 is 0 Å². The molecule has 1 aliphatic heterocycles. The maximum absolute atomic E-state index is 11.9. The van der Waals surface area contributed by atoms with Crippen molar-refractivity contribution in [3.05, 3.63) is 35.4 Å². The molecule has 0 aromatic heterocycles. The zero-order valence-electron chi connectivity index (χ0n) is 11.5. The number of carbonyl (C=O) groups excluding carboxylic acids is 1. The van der Waals surface area contributed by atoms with E-state index in [1.165, 1.54) is 11.1 Å². The van der Waals surface area contributed by atoms with Gasteiger partial charge in [-0.25, -0.2) is 0 Å². The summed E-state index contributed by atoms with van der Waals surface area (Å²) < 4.78 is 5.24. The summed E-state index contributed by atoms with van der Waals surface area (Å²) >= 11 is 0. The van der Waals surface area contributed by atoms with Gasteiger partial charge in [0.05, 0.1) is 13.2 Å². The molecule has 0 bridgehead atoms. The zero-order chi connectivity index (χ0) is 13.5. The van der Waals surface area contributed by atoms with Crippen molar-refractivity contribution in [2.75, 3.05) is 32.8 Å². The van der Waals surface area contributed by atoms with Gasteiger partial charge in [-0.15, -0.1) is 0 Å². The second-order valence-corrected chi connectivity index (χ2v) is 4.85. The van der Waals surface area contributed by atoms with Crippen LogP contribution in [0.2, 0.25) is 0 Å². The van der Waals surface area contributed by atoms with E-state index in [1.807, 2.05) is 17.0 Å². The van der Waals surface area contributed by atoms with Crippen molar-refractivity contribution in [2.45, 2.75) is 19.9 Å². The quantitative estimate of drug-likeness (QED) is 0.814. The smallest absolute Gasteiger partial charge is 0.224 e. The van der Waals surface area contributed by atoms with Gasteiger partial charge in [-0.3, -0.25) is 4.79 Å². The maximum Gasteiger partial charge on any atom is 0.224 e. The number of benzene rings is 1. The molecule has 0 radical (unpaired) electrons. The van der Waals surface area contributed by atoms with Gasteiger partial charge in [0, 0.05) is 32.6 Å². The fourth-order valence-corrected chi connectivity index (χ4v) is 2.20. The standard InChI is InChI=1S/C15H22N2O2/c1-13-4-2-3-5-14(13)12-16-7-6-15(18)17-8-10-19-11-9-17/h2-5,16H,6-12H2,1H3. The Bertz CT molecular complexity index is 414. The van der Waals surface area contributed by atoms with E-state index in [1.54, 1.807) is 0 Å². The van der Waals surface area contributed by atoms with Crippen molar-refractivity contribution in [3.63, 3.8) is 0 Å². The van der Waals surface area contributed by atoms with Crippen LogP contribution in [0.25, 0.3) is 0 Å². The third kappa shape index (κ3) is 4.33. The zero-order valence-corrected chi connectivity index (χ0v) is 11.5. The summed E-state index contributed by atoms with van der Waals surface area (Å²) in [4.78, 5) is 13.8. The summed E-state index contributed by atoms with van der Waals surface area (Å²) in [7, 11) is 0. The lowest BCUT2D eigenvalue weighted by Crippen LogP contribution is -2.41. The second-order valence-electron chi connectivity index (χ2n) is 4.85. The third-order valence-corrected chi connectivity index (χ3v) is 3.46. The van der Waals surface area contributed by atoms with E-state index in [-0.39, 0.29) is 5.91 Å². The molecular formula is C15H22N2O2. The topological polar surface area (TPSA) is 41.6 Å². The molecule has 1 aromatic rings. The molecule has 19 heavy (non-hydrogen) atoms. The van der Waals surface area contributed by atoms with E-state index in [0.717, 1.165) is 26.2 Å². The first-order chi connectivity index (χ1) is 9.27. The van der Waals surface area contributed by atoms with Crippen LogP contribution in [0.1, 0.15) is 17.5 Å². The molecule has 1 aromatic carbocycles. The van der Waals surface area contributed by atoms with Crippen LogP contribution < -0.4 is 5.32 Å². The highest BCUT2D eigenvalue weighted by Crippen LogP contribution is 2.06. The van der Waals surface area contributed by atoms with Crippen molar-refractivity contribution in [2.24, 2.45) is 0 Å². The van der Waals surface area contributed by atoms with Gasteiger partial charge in [-0.05, 0) is 18.1 Å². The van der Waals surface area contributed by atoms with E-state index in [2.05, 4.69) is 24.4 Å². The number of rotatable bonds is 5. The average Bonchev–Trinajstić information content (AvgIpc) is 2.46. The molecule has 1 N–H and O–H groups in total. The number of ether oxygens (including phenoxy) is 1. The lowest BCUT2D eigenvalue weighted by atomic mass is 10.1. The fourth-order valence-electron chi connectivity index (χ4n) is 2.20. The van der Waals surface area contributed by atoms with Crippen LogP contribution in [-0.4, -0.2) is 43.7 Å². The lowest BCUT2D eigenvalue weighted by Gasteiger charge is -2.26. The molecule has 1 aliphatic rings. The molecule has 0 spiro atoms. The highest BCUT2D eigenvalue weighted by molar-refractivity contribution is 5.76. The molecule has 0 saturated carbocycles. The van der Waals surface area contributed by atoms with Crippen LogP contribution in [0.15, 0.2) is 24.3 Å².